The number of esters is 1. The second kappa shape index (κ2) is 2.79. The number of carbonyl (C=O) groups excluding carboxylic acids is 1. The minimum atomic E-state index is -0.363. The summed E-state index contributed by atoms with van der Waals surface area (Å²) in [6, 6.07) is 0. The van der Waals surface area contributed by atoms with Crippen LogP contribution < -0.4 is 0 Å². The van der Waals surface area contributed by atoms with Crippen molar-refractivity contribution in [2.45, 2.75) is 6.92 Å². The summed E-state index contributed by atoms with van der Waals surface area (Å²) < 4.78 is 4.46. The molecule has 0 aliphatic carbocycles. The lowest BCUT2D eigenvalue weighted by molar-refractivity contribution is 0.0600. The number of ether oxygens (including phenoxy) is 1. The zero-order chi connectivity index (χ0) is 7.56. The van der Waals surface area contributed by atoms with Crippen molar-refractivity contribution in [3.63, 3.8) is 0 Å². The van der Waals surface area contributed by atoms with Crippen LogP contribution in [0, 0.1) is 6.92 Å². The normalized spacial score (nSPS) is 9.40. The average molecular weight is 157 g/mol. The molecule has 0 fully saturated rings. The number of carbonyl (C=O) groups is 1. The Bertz CT molecular complexity index is 244. The van der Waals surface area contributed by atoms with E-state index in [2.05, 4.69) is 9.72 Å². The molecule has 10 heavy (non-hydrogen) atoms. The van der Waals surface area contributed by atoms with E-state index < -0.39 is 0 Å². The predicted molar refractivity (Wildman–Crippen MR) is 38.2 cm³/mol. The lowest BCUT2D eigenvalue weighted by Gasteiger charge is -1.89. The molecule has 0 amide bonds. The van der Waals surface area contributed by atoms with Gasteiger partial charge in [0.05, 0.1) is 7.11 Å². The van der Waals surface area contributed by atoms with Crippen LogP contribution in [0.15, 0.2) is 6.20 Å². The molecule has 1 aromatic heterocycles. The molecule has 0 aromatic carbocycles. The molecule has 0 aliphatic heterocycles. The molecule has 1 heterocycles. The molecule has 0 spiro atoms. The summed E-state index contributed by atoms with van der Waals surface area (Å²) in [5.41, 5.74) is 0. The smallest absolute Gasteiger partial charge is 0.367 e. The van der Waals surface area contributed by atoms with Crippen LogP contribution in [0.1, 0.15) is 14.7 Å². The molecule has 4 heteroatoms. The van der Waals surface area contributed by atoms with Crippen LogP contribution in [0.3, 0.4) is 0 Å². The highest BCUT2D eigenvalue weighted by Crippen LogP contribution is 2.11. The molecule has 3 nitrogen and oxygen atoms in total. The number of methoxy groups -OCH3 is 1. The average Bonchev–Trinajstić information content (AvgIpc) is 2.34. The predicted octanol–water partition coefficient (Wildman–Crippen LogP) is 1.24. The van der Waals surface area contributed by atoms with E-state index in [-0.39, 0.29) is 5.97 Å². The maximum Gasteiger partial charge on any atom is 0.367 e. The Balaban J connectivity index is 2.85. The van der Waals surface area contributed by atoms with Crippen LogP contribution in [-0.4, -0.2) is 18.1 Å². The number of rotatable bonds is 1. The van der Waals surface area contributed by atoms with E-state index in [1.807, 2.05) is 6.92 Å². The molecule has 0 aliphatic rings. The van der Waals surface area contributed by atoms with Crippen LogP contribution in [0.5, 0.6) is 0 Å². The Morgan fingerprint density at radius 2 is 2.50 bits per heavy atom. The van der Waals surface area contributed by atoms with Crippen molar-refractivity contribution in [1.29, 1.82) is 0 Å². The van der Waals surface area contributed by atoms with Gasteiger partial charge in [0, 0.05) is 11.1 Å². The van der Waals surface area contributed by atoms with E-state index in [0.717, 1.165) is 4.88 Å². The van der Waals surface area contributed by atoms with E-state index in [4.69, 9.17) is 0 Å². The van der Waals surface area contributed by atoms with Gasteiger partial charge >= 0.3 is 5.97 Å². The quantitative estimate of drug-likeness (QED) is 0.576. The Labute approximate surface area is 62.7 Å². The zero-order valence-corrected chi connectivity index (χ0v) is 6.57. The summed E-state index contributed by atoms with van der Waals surface area (Å²) >= 11 is 1.33. The standard InChI is InChI=1S/C6H7NO2S/c1-4-3-7-5(10-4)6(8)9-2/h3H,1-2H3. The van der Waals surface area contributed by atoms with E-state index in [0.29, 0.717) is 5.01 Å². The fourth-order valence-electron chi connectivity index (χ4n) is 0.536. The van der Waals surface area contributed by atoms with Crippen molar-refractivity contribution in [3.05, 3.63) is 16.1 Å². The van der Waals surface area contributed by atoms with Crippen molar-refractivity contribution >= 4 is 17.3 Å². The number of thiazole rings is 1. The fraction of sp³-hybridized carbons (Fsp3) is 0.333. The lowest BCUT2D eigenvalue weighted by atomic mass is 10.6. The highest BCUT2D eigenvalue weighted by molar-refractivity contribution is 7.13. The summed E-state index contributed by atoms with van der Waals surface area (Å²) in [6.45, 7) is 1.89. The second-order valence-corrected chi connectivity index (χ2v) is 3.00. The molecule has 54 valence electrons. The third kappa shape index (κ3) is 1.33. The summed E-state index contributed by atoms with van der Waals surface area (Å²) in [6.07, 6.45) is 1.65. The summed E-state index contributed by atoms with van der Waals surface area (Å²) in [5.74, 6) is -0.363. The topological polar surface area (TPSA) is 39.2 Å². The van der Waals surface area contributed by atoms with Gasteiger partial charge < -0.3 is 4.74 Å². The summed E-state index contributed by atoms with van der Waals surface area (Å²) in [5, 5.41) is 0.417. The number of aryl methyl sites for hydroxylation is 1. The molecule has 0 saturated heterocycles. The van der Waals surface area contributed by atoms with E-state index in [9.17, 15) is 4.79 Å². The number of hydrogen-bond donors (Lipinski definition) is 0. The molecule has 0 bridgehead atoms. The van der Waals surface area contributed by atoms with Crippen molar-refractivity contribution in [1.82, 2.24) is 4.98 Å². The van der Waals surface area contributed by atoms with Gasteiger partial charge in [-0.2, -0.15) is 0 Å². The minimum Gasteiger partial charge on any atom is -0.464 e. The first-order chi connectivity index (χ1) is 4.74. The first-order valence-corrected chi connectivity index (χ1v) is 3.56. The van der Waals surface area contributed by atoms with Crippen molar-refractivity contribution in [2.24, 2.45) is 0 Å². The van der Waals surface area contributed by atoms with Crippen molar-refractivity contribution < 1.29 is 9.53 Å². The van der Waals surface area contributed by atoms with Crippen LogP contribution in [0.25, 0.3) is 0 Å². The van der Waals surface area contributed by atoms with Gasteiger partial charge in [0.15, 0.2) is 0 Å². The minimum absolute atomic E-state index is 0.363. The van der Waals surface area contributed by atoms with Crippen LogP contribution in [-0.2, 0) is 4.74 Å². The van der Waals surface area contributed by atoms with Crippen LogP contribution >= 0.6 is 11.3 Å². The molecule has 0 unspecified atom stereocenters. The fourth-order valence-corrected chi connectivity index (χ4v) is 1.22. The molecule has 0 N–H and O–H groups in total. The van der Waals surface area contributed by atoms with Crippen LogP contribution in [0.2, 0.25) is 0 Å². The van der Waals surface area contributed by atoms with Gasteiger partial charge in [-0.05, 0) is 6.92 Å². The Hall–Kier alpha value is -0.900. The van der Waals surface area contributed by atoms with Gasteiger partial charge in [0.2, 0.25) is 5.01 Å². The molecular weight excluding hydrogens is 150 g/mol. The summed E-state index contributed by atoms with van der Waals surface area (Å²) in [4.78, 5) is 15.6. The molecule has 0 radical (unpaired) electrons. The van der Waals surface area contributed by atoms with E-state index >= 15 is 0 Å². The van der Waals surface area contributed by atoms with Gasteiger partial charge in [-0.15, -0.1) is 11.3 Å². The van der Waals surface area contributed by atoms with E-state index in [1.165, 1.54) is 18.4 Å². The highest BCUT2D eigenvalue weighted by atomic mass is 32.1. The second-order valence-electron chi connectivity index (χ2n) is 1.77. The Morgan fingerprint density at radius 1 is 1.80 bits per heavy atom. The lowest BCUT2D eigenvalue weighted by Crippen LogP contribution is -1.98. The third-order valence-electron chi connectivity index (χ3n) is 0.981. The van der Waals surface area contributed by atoms with Gasteiger partial charge in [-0.3, -0.25) is 0 Å². The first kappa shape index (κ1) is 7.21. The van der Waals surface area contributed by atoms with Gasteiger partial charge in [-0.1, -0.05) is 0 Å². The molecule has 0 atom stereocenters. The molecule has 0 saturated carbocycles. The SMILES string of the molecule is COC(=O)c1ncc(C)s1. The maximum atomic E-state index is 10.8. The zero-order valence-electron chi connectivity index (χ0n) is 5.75. The number of hydrogen-bond acceptors (Lipinski definition) is 4. The van der Waals surface area contributed by atoms with Gasteiger partial charge in [-0.25, -0.2) is 9.78 Å². The molecule has 1 rings (SSSR count). The van der Waals surface area contributed by atoms with Crippen molar-refractivity contribution in [3.8, 4) is 0 Å². The Kier molecular flexibility index (Phi) is 2.01. The van der Waals surface area contributed by atoms with Gasteiger partial charge in [0.1, 0.15) is 0 Å². The highest BCUT2D eigenvalue weighted by Gasteiger charge is 2.07. The maximum absolute atomic E-state index is 10.8. The van der Waals surface area contributed by atoms with Gasteiger partial charge in [0.25, 0.3) is 0 Å². The largest absolute Gasteiger partial charge is 0.464 e. The van der Waals surface area contributed by atoms with E-state index in [1.54, 1.807) is 6.20 Å². The van der Waals surface area contributed by atoms with Crippen LogP contribution in [0.4, 0.5) is 0 Å². The molecule has 1 aromatic rings. The molecular formula is C6H7NO2S. The van der Waals surface area contributed by atoms with Crippen molar-refractivity contribution in [2.75, 3.05) is 7.11 Å². The monoisotopic (exact) mass is 157 g/mol. The first-order valence-electron chi connectivity index (χ1n) is 2.75. The third-order valence-corrected chi connectivity index (χ3v) is 1.87. The Morgan fingerprint density at radius 3 is 2.90 bits per heavy atom. The number of aromatic nitrogens is 1. The summed E-state index contributed by atoms with van der Waals surface area (Å²) in [7, 11) is 1.35. The number of nitrogens with zero attached hydrogens (tertiary/aromatic N) is 1.